The molecule has 3 amide bonds. The topological polar surface area (TPSA) is 85.5 Å². The molecule has 0 saturated carbocycles. The van der Waals surface area contributed by atoms with Crippen LogP contribution in [0.4, 0.5) is 10.5 Å². The predicted octanol–water partition coefficient (Wildman–Crippen LogP) is 4.51. The van der Waals surface area contributed by atoms with E-state index in [-0.39, 0.29) is 17.7 Å². The molecular formula is C23H29ClN4O3. The number of hydrogen-bond acceptors (Lipinski definition) is 3. The third-order valence-corrected chi connectivity index (χ3v) is 5.74. The summed E-state index contributed by atoms with van der Waals surface area (Å²) in [5.74, 6) is -0.146. The second kappa shape index (κ2) is 10.0. The van der Waals surface area contributed by atoms with E-state index in [1.807, 2.05) is 13.8 Å². The summed E-state index contributed by atoms with van der Waals surface area (Å²) < 4.78 is 0. The zero-order chi connectivity index (χ0) is 22.5. The molecule has 0 spiro atoms. The molecule has 0 radical (unpaired) electrons. The number of aromatic nitrogens is 1. The summed E-state index contributed by atoms with van der Waals surface area (Å²) in [6.07, 6.45) is 2.19. The summed E-state index contributed by atoms with van der Waals surface area (Å²) in [4.78, 5) is 44.7. The second-order valence-corrected chi connectivity index (χ2v) is 8.29. The Morgan fingerprint density at radius 1 is 1.13 bits per heavy atom. The average Bonchev–Trinajstić information content (AvgIpc) is 2.89. The first kappa shape index (κ1) is 22.9. The third-order valence-electron chi connectivity index (χ3n) is 5.50. The van der Waals surface area contributed by atoms with Crippen molar-refractivity contribution in [2.45, 2.75) is 40.0 Å². The number of urea groups is 1. The van der Waals surface area contributed by atoms with Crippen molar-refractivity contribution in [2.24, 2.45) is 0 Å². The number of Topliss-reactive ketones (excluding diaryl/α,β-unsaturated/α-hetero) is 1. The van der Waals surface area contributed by atoms with Crippen LogP contribution in [0.5, 0.6) is 0 Å². The number of rotatable bonds is 5. The fourth-order valence-corrected chi connectivity index (χ4v) is 4.28. The number of carbonyl (C=O) groups is 3. The van der Waals surface area contributed by atoms with Gasteiger partial charge in [-0.3, -0.25) is 9.59 Å². The van der Waals surface area contributed by atoms with Gasteiger partial charge in [0.25, 0.3) is 5.91 Å². The first-order valence-electron chi connectivity index (χ1n) is 10.6. The minimum absolute atomic E-state index is 0.0315. The van der Waals surface area contributed by atoms with Gasteiger partial charge in [0.05, 0.1) is 0 Å². The molecule has 8 heteroatoms. The highest BCUT2D eigenvalue weighted by atomic mass is 35.5. The van der Waals surface area contributed by atoms with Crippen molar-refractivity contribution in [3.63, 3.8) is 0 Å². The molecule has 7 nitrogen and oxygen atoms in total. The first-order valence-corrected chi connectivity index (χ1v) is 11.0. The monoisotopic (exact) mass is 444 g/mol. The van der Waals surface area contributed by atoms with E-state index in [0.717, 1.165) is 17.7 Å². The van der Waals surface area contributed by atoms with Crippen molar-refractivity contribution in [1.82, 2.24) is 14.8 Å². The van der Waals surface area contributed by atoms with Crippen LogP contribution in [0.3, 0.4) is 0 Å². The van der Waals surface area contributed by atoms with Gasteiger partial charge >= 0.3 is 6.03 Å². The van der Waals surface area contributed by atoms with Gasteiger partial charge in [0.2, 0.25) is 0 Å². The Bertz CT molecular complexity index is 985. The Morgan fingerprint density at radius 3 is 2.52 bits per heavy atom. The minimum atomic E-state index is -0.210. The number of amides is 3. The van der Waals surface area contributed by atoms with Crippen molar-refractivity contribution in [3.05, 3.63) is 51.8 Å². The van der Waals surface area contributed by atoms with Crippen LogP contribution in [0.1, 0.15) is 58.8 Å². The first-order chi connectivity index (χ1) is 14.8. The quantitative estimate of drug-likeness (QED) is 0.665. The van der Waals surface area contributed by atoms with Gasteiger partial charge in [0.1, 0.15) is 5.69 Å². The maximum atomic E-state index is 13.3. The van der Waals surface area contributed by atoms with E-state index in [1.54, 1.807) is 34.1 Å². The van der Waals surface area contributed by atoms with Crippen LogP contribution in [0, 0.1) is 6.92 Å². The number of anilines is 1. The highest BCUT2D eigenvalue weighted by molar-refractivity contribution is 6.30. The van der Waals surface area contributed by atoms with Gasteiger partial charge in [0, 0.05) is 48.1 Å². The van der Waals surface area contributed by atoms with Crippen molar-refractivity contribution in [1.29, 1.82) is 0 Å². The van der Waals surface area contributed by atoms with Crippen LogP contribution in [-0.2, 0) is 6.42 Å². The van der Waals surface area contributed by atoms with Gasteiger partial charge in [0.15, 0.2) is 5.78 Å². The van der Waals surface area contributed by atoms with Crippen molar-refractivity contribution < 1.29 is 14.4 Å². The van der Waals surface area contributed by atoms with Crippen molar-refractivity contribution in [3.8, 4) is 0 Å². The van der Waals surface area contributed by atoms with E-state index in [9.17, 15) is 14.4 Å². The summed E-state index contributed by atoms with van der Waals surface area (Å²) in [7, 11) is 0. The van der Waals surface area contributed by atoms with Crippen LogP contribution in [0.15, 0.2) is 24.3 Å². The summed E-state index contributed by atoms with van der Waals surface area (Å²) in [6.45, 7) is 7.37. The zero-order valence-corrected chi connectivity index (χ0v) is 19.0. The number of aromatic amines is 1. The lowest BCUT2D eigenvalue weighted by molar-refractivity contribution is 0.0756. The van der Waals surface area contributed by atoms with Gasteiger partial charge in [-0.05, 0) is 50.5 Å². The fraction of sp³-hybridized carbons (Fsp3) is 0.435. The molecule has 1 saturated heterocycles. The number of halogens is 1. The van der Waals surface area contributed by atoms with E-state index in [2.05, 4.69) is 10.3 Å². The summed E-state index contributed by atoms with van der Waals surface area (Å²) in [5, 5.41) is 3.42. The molecule has 2 N–H and O–H groups in total. The number of aryl methyl sites for hydroxylation is 1. The normalized spacial score (nSPS) is 14.3. The smallest absolute Gasteiger partial charge is 0.321 e. The van der Waals surface area contributed by atoms with Gasteiger partial charge in [-0.1, -0.05) is 31.0 Å². The lowest BCUT2D eigenvalue weighted by Gasteiger charge is -2.22. The van der Waals surface area contributed by atoms with Crippen molar-refractivity contribution >= 4 is 35.0 Å². The molecule has 0 unspecified atom stereocenters. The Kier molecular flexibility index (Phi) is 7.38. The molecule has 166 valence electrons. The van der Waals surface area contributed by atoms with E-state index in [0.29, 0.717) is 61.0 Å². The average molecular weight is 445 g/mol. The lowest BCUT2D eigenvalue weighted by atomic mass is 10.0. The molecule has 1 aromatic carbocycles. The molecule has 0 atom stereocenters. The minimum Gasteiger partial charge on any atom is -0.354 e. The Hall–Kier alpha value is -2.80. The Morgan fingerprint density at radius 2 is 1.84 bits per heavy atom. The maximum absolute atomic E-state index is 13.3. The molecule has 1 aromatic heterocycles. The number of ketones is 1. The molecular weight excluding hydrogens is 416 g/mol. The molecule has 1 aliphatic heterocycles. The number of H-pyrrole nitrogens is 1. The standard InChI is InChI=1S/C23H29ClN4O3/c1-4-7-19-20(16(3)29)15(2)25-21(19)22(30)27-10-6-11-28(13-12-27)23(31)26-18-9-5-8-17(24)14-18/h5,8-9,14,25H,4,6-7,10-13H2,1-3H3,(H,26,31). The summed E-state index contributed by atoms with van der Waals surface area (Å²) in [5.41, 5.74) is 3.30. The lowest BCUT2D eigenvalue weighted by Crippen LogP contribution is -2.39. The van der Waals surface area contributed by atoms with Gasteiger partial charge < -0.3 is 20.1 Å². The van der Waals surface area contributed by atoms with Crippen molar-refractivity contribution in [2.75, 3.05) is 31.5 Å². The Labute approximate surface area is 187 Å². The second-order valence-electron chi connectivity index (χ2n) is 7.86. The maximum Gasteiger partial charge on any atom is 0.321 e. The van der Waals surface area contributed by atoms with Crippen LogP contribution < -0.4 is 5.32 Å². The summed E-state index contributed by atoms with van der Waals surface area (Å²) >= 11 is 5.99. The molecule has 3 rings (SSSR count). The fourth-order valence-electron chi connectivity index (χ4n) is 4.09. The molecule has 2 heterocycles. The Balaban J connectivity index is 1.71. The molecule has 1 fully saturated rings. The molecule has 0 aliphatic carbocycles. The number of nitrogens with zero attached hydrogens (tertiary/aromatic N) is 2. The molecule has 2 aromatic rings. The predicted molar refractivity (Wildman–Crippen MR) is 122 cm³/mol. The third kappa shape index (κ3) is 5.28. The summed E-state index contributed by atoms with van der Waals surface area (Å²) in [6, 6.07) is 6.80. The molecule has 1 aliphatic rings. The number of benzene rings is 1. The van der Waals surface area contributed by atoms with Gasteiger partial charge in [-0.15, -0.1) is 0 Å². The van der Waals surface area contributed by atoms with E-state index < -0.39 is 0 Å². The van der Waals surface area contributed by atoms with Crippen LogP contribution >= 0.6 is 11.6 Å². The van der Waals surface area contributed by atoms with E-state index >= 15 is 0 Å². The molecule has 0 bridgehead atoms. The SMILES string of the molecule is CCCc1c(C(=O)N2CCCN(C(=O)Nc3cccc(Cl)c3)CC2)[nH]c(C)c1C(C)=O. The van der Waals surface area contributed by atoms with E-state index in [4.69, 9.17) is 11.6 Å². The number of hydrogen-bond donors (Lipinski definition) is 2. The highest BCUT2D eigenvalue weighted by Crippen LogP contribution is 2.23. The van der Waals surface area contributed by atoms with Gasteiger partial charge in [-0.25, -0.2) is 4.79 Å². The van der Waals surface area contributed by atoms with Crippen LogP contribution in [0.25, 0.3) is 0 Å². The van der Waals surface area contributed by atoms with Gasteiger partial charge in [-0.2, -0.15) is 0 Å². The van der Waals surface area contributed by atoms with E-state index in [1.165, 1.54) is 6.92 Å². The largest absolute Gasteiger partial charge is 0.354 e. The zero-order valence-electron chi connectivity index (χ0n) is 18.3. The van der Waals surface area contributed by atoms with Crippen LogP contribution in [0.2, 0.25) is 5.02 Å². The molecule has 31 heavy (non-hydrogen) atoms. The number of carbonyl (C=O) groups excluding carboxylic acids is 3. The van der Waals surface area contributed by atoms with Crippen LogP contribution in [-0.4, -0.2) is 58.7 Å². The number of nitrogens with one attached hydrogen (secondary N) is 2. The highest BCUT2D eigenvalue weighted by Gasteiger charge is 2.28.